The summed E-state index contributed by atoms with van der Waals surface area (Å²) in [5.41, 5.74) is 4.39. The van der Waals surface area contributed by atoms with Gasteiger partial charge in [0.05, 0.1) is 12.1 Å². The first-order valence-corrected chi connectivity index (χ1v) is 9.43. The molecule has 24 heavy (non-hydrogen) atoms. The van der Waals surface area contributed by atoms with Crippen LogP contribution in [0.3, 0.4) is 0 Å². The van der Waals surface area contributed by atoms with E-state index in [1.807, 2.05) is 24.1 Å². The number of fused-ring (bicyclic) bond motifs is 1. The predicted octanol–water partition coefficient (Wildman–Crippen LogP) is 4.07. The molecule has 1 aromatic heterocycles. The Bertz CT molecular complexity index is 726. The Morgan fingerprint density at radius 1 is 1.46 bits per heavy atom. The number of hydrogen-bond donors (Lipinski definition) is 0. The largest absolute Gasteiger partial charge is 0.372 e. The van der Waals surface area contributed by atoms with Crippen molar-refractivity contribution in [1.82, 2.24) is 4.98 Å². The zero-order valence-corrected chi connectivity index (χ0v) is 15.4. The summed E-state index contributed by atoms with van der Waals surface area (Å²) in [5, 5.41) is 2.92. The smallest absolute Gasteiger partial charge is 0.233 e. The van der Waals surface area contributed by atoms with Gasteiger partial charge in [0.15, 0.2) is 0 Å². The number of aromatic nitrogens is 1. The minimum absolute atomic E-state index is 0.0122. The normalized spacial score (nSPS) is 15.2. The number of carbonyl (C=O) groups excluding carboxylic acids is 1. The van der Waals surface area contributed by atoms with Crippen LogP contribution >= 0.6 is 11.3 Å². The van der Waals surface area contributed by atoms with Gasteiger partial charge in [0.1, 0.15) is 11.1 Å². The highest BCUT2D eigenvalue weighted by Gasteiger charge is 2.24. The van der Waals surface area contributed by atoms with Gasteiger partial charge in [-0.3, -0.25) is 4.79 Å². The second-order valence-electron chi connectivity index (χ2n) is 6.18. The SMILES string of the molecule is CCOC(C)c1nc(CC(=O)N2CCCc3cccc(C)c32)cs1. The van der Waals surface area contributed by atoms with E-state index in [0.29, 0.717) is 13.0 Å². The van der Waals surface area contributed by atoms with Gasteiger partial charge >= 0.3 is 0 Å². The first kappa shape index (κ1) is 17.1. The molecule has 3 rings (SSSR count). The van der Waals surface area contributed by atoms with Crippen molar-refractivity contribution in [2.75, 3.05) is 18.1 Å². The first-order chi connectivity index (χ1) is 11.6. The van der Waals surface area contributed by atoms with Gasteiger partial charge in [-0.15, -0.1) is 11.3 Å². The molecule has 5 heteroatoms. The van der Waals surface area contributed by atoms with E-state index in [9.17, 15) is 4.79 Å². The summed E-state index contributed by atoms with van der Waals surface area (Å²) in [6, 6.07) is 6.28. The van der Waals surface area contributed by atoms with E-state index in [2.05, 4.69) is 30.1 Å². The molecular formula is C19H24N2O2S. The number of aryl methyl sites for hydroxylation is 2. The topological polar surface area (TPSA) is 42.4 Å². The van der Waals surface area contributed by atoms with E-state index in [1.165, 1.54) is 11.1 Å². The van der Waals surface area contributed by atoms with Crippen molar-refractivity contribution < 1.29 is 9.53 Å². The second-order valence-corrected chi connectivity index (χ2v) is 7.07. The molecule has 0 fully saturated rings. The van der Waals surface area contributed by atoms with Gasteiger partial charge in [-0.1, -0.05) is 18.2 Å². The fourth-order valence-electron chi connectivity index (χ4n) is 3.26. The molecule has 0 saturated heterocycles. The number of thiazole rings is 1. The standard InChI is InChI=1S/C19H24N2O2S/c1-4-23-14(3)19-20-16(12-24-19)11-17(22)21-10-6-9-15-8-5-7-13(2)18(15)21/h5,7-8,12,14H,4,6,9-11H2,1-3H3. The molecule has 1 atom stereocenters. The molecule has 0 spiro atoms. The Morgan fingerprint density at radius 2 is 2.29 bits per heavy atom. The van der Waals surface area contributed by atoms with Crippen LogP contribution in [0.1, 0.15) is 48.2 Å². The maximum absolute atomic E-state index is 12.8. The molecule has 128 valence electrons. The number of ether oxygens (including phenoxy) is 1. The number of nitrogens with zero attached hydrogens (tertiary/aromatic N) is 2. The predicted molar refractivity (Wildman–Crippen MR) is 97.7 cm³/mol. The molecule has 4 nitrogen and oxygen atoms in total. The molecule has 1 aliphatic heterocycles. The highest BCUT2D eigenvalue weighted by Crippen LogP contribution is 2.31. The Hall–Kier alpha value is -1.72. The van der Waals surface area contributed by atoms with Crippen LogP contribution in [-0.2, 0) is 22.4 Å². The summed E-state index contributed by atoms with van der Waals surface area (Å²) >= 11 is 1.57. The number of benzene rings is 1. The highest BCUT2D eigenvalue weighted by molar-refractivity contribution is 7.09. The average Bonchev–Trinajstić information content (AvgIpc) is 3.03. The molecular weight excluding hydrogens is 320 g/mol. The van der Waals surface area contributed by atoms with Gasteiger partial charge in [0.25, 0.3) is 0 Å². The van der Waals surface area contributed by atoms with Crippen molar-refractivity contribution in [3.05, 3.63) is 45.4 Å². The van der Waals surface area contributed by atoms with Crippen LogP contribution in [0.2, 0.25) is 0 Å². The third-order valence-electron chi connectivity index (χ3n) is 4.39. The molecule has 0 bridgehead atoms. The van der Waals surface area contributed by atoms with Crippen LogP contribution < -0.4 is 4.90 Å². The van der Waals surface area contributed by atoms with E-state index in [-0.39, 0.29) is 12.0 Å². The quantitative estimate of drug-likeness (QED) is 0.821. The molecule has 0 saturated carbocycles. The van der Waals surface area contributed by atoms with Crippen molar-refractivity contribution in [3.8, 4) is 0 Å². The van der Waals surface area contributed by atoms with E-state index < -0.39 is 0 Å². The molecule has 1 aliphatic rings. The Balaban J connectivity index is 1.75. The fraction of sp³-hybridized carbons (Fsp3) is 0.474. The highest BCUT2D eigenvalue weighted by atomic mass is 32.1. The number of carbonyl (C=O) groups is 1. The molecule has 1 aromatic carbocycles. The fourth-order valence-corrected chi connectivity index (χ4v) is 4.08. The summed E-state index contributed by atoms with van der Waals surface area (Å²) in [5.74, 6) is 0.131. The molecule has 0 aliphatic carbocycles. The van der Waals surface area contributed by atoms with Crippen molar-refractivity contribution in [3.63, 3.8) is 0 Å². The molecule has 0 N–H and O–H groups in total. The Kier molecular flexibility index (Phi) is 5.31. The van der Waals surface area contributed by atoms with Gasteiger partial charge in [-0.25, -0.2) is 4.98 Å². The third-order valence-corrected chi connectivity index (χ3v) is 5.44. The lowest BCUT2D eigenvalue weighted by Gasteiger charge is -2.31. The summed E-state index contributed by atoms with van der Waals surface area (Å²) in [6.07, 6.45) is 2.41. The summed E-state index contributed by atoms with van der Waals surface area (Å²) in [7, 11) is 0. The van der Waals surface area contributed by atoms with Crippen molar-refractivity contribution in [2.45, 2.75) is 46.1 Å². The lowest BCUT2D eigenvalue weighted by molar-refractivity contribution is -0.118. The summed E-state index contributed by atoms with van der Waals surface area (Å²) in [6.45, 7) is 7.51. The maximum Gasteiger partial charge on any atom is 0.233 e. The zero-order valence-electron chi connectivity index (χ0n) is 14.5. The minimum atomic E-state index is -0.0122. The van der Waals surface area contributed by atoms with Crippen LogP contribution in [0.4, 0.5) is 5.69 Å². The first-order valence-electron chi connectivity index (χ1n) is 8.55. The maximum atomic E-state index is 12.8. The summed E-state index contributed by atoms with van der Waals surface area (Å²) < 4.78 is 5.58. The lowest BCUT2D eigenvalue weighted by atomic mass is 9.98. The number of amides is 1. The van der Waals surface area contributed by atoms with Crippen molar-refractivity contribution >= 4 is 22.9 Å². The van der Waals surface area contributed by atoms with Crippen LogP contribution in [0.15, 0.2) is 23.6 Å². The van der Waals surface area contributed by atoms with E-state index in [4.69, 9.17) is 4.74 Å². The van der Waals surface area contributed by atoms with Crippen LogP contribution in [-0.4, -0.2) is 24.0 Å². The Morgan fingerprint density at radius 3 is 3.08 bits per heavy atom. The lowest BCUT2D eigenvalue weighted by Crippen LogP contribution is -2.37. The molecule has 1 amide bonds. The van der Waals surface area contributed by atoms with Crippen LogP contribution in [0, 0.1) is 6.92 Å². The van der Waals surface area contributed by atoms with E-state index >= 15 is 0 Å². The van der Waals surface area contributed by atoms with Crippen LogP contribution in [0.5, 0.6) is 0 Å². The summed E-state index contributed by atoms with van der Waals surface area (Å²) in [4.78, 5) is 19.4. The minimum Gasteiger partial charge on any atom is -0.372 e. The van der Waals surface area contributed by atoms with Gasteiger partial charge < -0.3 is 9.64 Å². The zero-order chi connectivity index (χ0) is 17.1. The molecule has 1 unspecified atom stereocenters. The van der Waals surface area contributed by atoms with Gasteiger partial charge in [-0.2, -0.15) is 0 Å². The number of para-hydroxylation sites is 1. The van der Waals surface area contributed by atoms with Gasteiger partial charge in [-0.05, 0) is 44.7 Å². The second kappa shape index (κ2) is 7.45. The third kappa shape index (κ3) is 3.52. The number of anilines is 1. The van der Waals surface area contributed by atoms with Gasteiger partial charge in [0, 0.05) is 24.2 Å². The van der Waals surface area contributed by atoms with Crippen molar-refractivity contribution in [2.24, 2.45) is 0 Å². The monoisotopic (exact) mass is 344 g/mol. The van der Waals surface area contributed by atoms with Crippen LogP contribution in [0.25, 0.3) is 0 Å². The van der Waals surface area contributed by atoms with Crippen molar-refractivity contribution in [1.29, 1.82) is 0 Å². The number of rotatable bonds is 5. The molecule has 2 aromatic rings. The van der Waals surface area contributed by atoms with E-state index in [0.717, 1.165) is 35.8 Å². The van der Waals surface area contributed by atoms with Gasteiger partial charge in [0.2, 0.25) is 5.91 Å². The van der Waals surface area contributed by atoms with E-state index in [1.54, 1.807) is 11.3 Å². The average molecular weight is 344 g/mol. The Labute approximate surface area is 147 Å². The molecule has 0 radical (unpaired) electrons. The number of hydrogen-bond acceptors (Lipinski definition) is 4. The molecule has 2 heterocycles.